The van der Waals surface area contributed by atoms with Gasteiger partial charge < -0.3 is 15.0 Å². The summed E-state index contributed by atoms with van der Waals surface area (Å²) in [6.07, 6.45) is 0. The van der Waals surface area contributed by atoms with Crippen LogP contribution in [0, 0.1) is 0 Å². The number of methoxy groups -OCH3 is 1. The first kappa shape index (κ1) is 22.5. The number of carbonyl (C=O) groups excluding carboxylic acids is 2. The van der Waals surface area contributed by atoms with Gasteiger partial charge in [-0.1, -0.05) is 24.3 Å². The van der Waals surface area contributed by atoms with Crippen molar-refractivity contribution in [1.82, 2.24) is 5.32 Å². The molecule has 2 amide bonds. The minimum atomic E-state index is -0.364. The lowest BCUT2D eigenvalue weighted by molar-refractivity contribution is 0.0974. The van der Waals surface area contributed by atoms with Crippen molar-refractivity contribution in [3.8, 4) is 5.75 Å². The van der Waals surface area contributed by atoms with Gasteiger partial charge in [0, 0.05) is 29.5 Å². The highest BCUT2D eigenvalue weighted by atomic mass is 79.9. The molecule has 158 valence electrons. The van der Waals surface area contributed by atoms with Gasteiger partial charge in [-0.05, 0) is 76.7 Å². The minimum Gasteiger partial charge on any atom is -0.496 e. The van der Waals surface area contributed by atoms with E-state index in [1.807, 2.05) is 30.3 Å². The Morgan fingerprint density at radius 1 is 0.968 bits per heavy atom. The number of amides is 2. The molecule has 3 rings (SSSR count). The maximum atomic E-state index is 12.8. The Hall–Kier alpha value is -3.23. The predicted octanol–water partition coefficient (Wildman–Crippen LogP) is 4.86. The van der Waals surface area contributed by atoms with E-state index in [4.69, 9.17) is 17.0 Å². The van der Waals surface area contributed by atoms with Crippen molar-refractivity contribution in [2.45, 2.75) is 0 Å². The van der Waals surface area contributed by atoms with Crippen LogP contribution in [0.4, 0.5) is 11.4 Å². The van der Waals surface area contributed by atoms with Crippen molar-refractivity contribution in [3.05, 3.63) is 88.4 Å². The van der Waals surface area contributed by atoms with E-state index >= 15 is 0 Å². The number of hydrogen-bond donors (Lipinski definition) is 2. The molecule has 0 spiro atoms. The average Bonchev–Trinajstić information content (AvgIpc) is 2.78. The molecule has 0 radical (unpaired) electrons. The number of thiocarbonyl (C=S) groups is 1. The molecule has 0 saturated carbocycles. The fraction of sp³-hybridized carbons (Fsp3) is 0.0870. The molecule has 0 bridgehead atoms. The summed E-state index contributed by atoms with van der Waals surface area (Å²) < 4.78 is 5.83. The van der Waals surface area contributed by atoms with Crippen molar-refractivity contribution in [2.24, 2.45) is 0 Å². The van der Waals surface area contributed by atoms with E-state index in [-0.39, 0.29) is 16.9 Å². The molecule has 0 atom stereocenters. The van der Waals surface area contributed by atoms with Gasteiger partial charge in [-0.3, -0.25) is 14.9 Å². The second-order valence-electron chi connectivity index (χ2n) is 6.54. The van der Waals surface area contributed by atoms with Crippen LogP contribution in [-0.2, 0) is 0 Å². The van der Waals surface area contributed by atoms with Crippen molar-refractivity contribution in [1.29, 1.82) is 0 Å². The average molecular weight is 498 g/mol. The summed E-state index contributed by atoms with van der Waals surface area (Å²) in [6.45, 7) is 0. The standard InChI is InChI=1S/C23H20BrN3O3S/c1-27(18-9-4-3-5-10-18)22(29)16-7-6-8-17(13-16)25-23(31)26-21(28)15-11-12-20(30-2)19(24)14-15/h3-14H,1-2H3,(H2,25,26,28,31). The third kappa shape index (κ3) is 5.68. The number of nitrogens with one attached hydrogen (secondary N) is 2. The van der Waals surface area contributed by atoms with Gasteiger partial charge in [0.2, 0.25) is 0 Å². The van der Waals surface area contributed by atoms with Gasteiger partial charge in [-0.15, -0.1) is 0 Å². The SMILES string of the molecule is COc1ccc(C(=O)NC(=S)Nc2cccc(C(=O)N(C)c3ccccc3)c2)cc1Br. The Balaban J connectivity index is 1.66. The fourth-order valence-corrected chi connectivity index (χ4v) is 3.59. The molecule has 0 saturated heterocycles. The van der Waals surface area contributed by atoms with Crippen LogP contribution in [0.15, 0.2) is 77.3 Å². The van der Waals surface area contributed by atoms with Gasteiger partial charge in [-0.2, -0.15) is 0 Å². The molecule has 3 aromatic rings. The summed E-state index contributed by atoms with van der Waals surface area (Å²) in [6, 6.07) is 21.3. The van der Waals surface area contributed by atoms with Crippen LogP contribution in [0.25, 0.3) is 0 Å². The summed E-state index contributed by atoms with van der Waals surface area (Å²) in [4.78, 5) is 26.8. The molecule has 2 N–H and O–H groups in total. The third-order valence-electron chi connectivity index (χ3n) is 4.46. The molecule has 3 aromatic carbocycles. The zero-order valence-corrected chi connectivity index (χ0v) is 19.3. The molecular formula is C23H20BrN3O3S. The number of carbonyl (C=O) groups is 2. The Labute approximate surface area is 194 Å². The predicted molar refractivity (Wildman–Crippen MR) is 130 cm³/mol. The molecule has 0 aromatic heterocycles. The smallest absolute Gasteiger partial charge is 0.258 e. The molecule has 0 heterocycles. The van der Waals surface area contributed by atoms with Crippen molar-refractivity contribution >= 4 is 56.4 Å². The summed E-state index contributed by atoms with van der Waals surface area (Å²) in [7, 11) is 3.27. The summed E-state index contributed by atoms with van der Waals surface area (Å²) in [5.41, 5.74) is 2.29. The molecule has 0 unspecified atom stereocenters. The van der Waals surface area contributed by atoms with Crippen LogP contribution < -0.4 is 20.3 Å². The molecule has 8 heteroatoms. The number of nitrogens with zero attached hydrogens (tertiary/aromatic N) is 1. The summed E-state index contributed by atoms with van der Waals surface area (Å²) >= 11 is 8.61. The maximum absolute atomic E-state index is 12.8. The first-order chi connectivity index (χ1) is 14.9. The van der Waals surface area contributed by atoms with E-state index in [1.54, 1.807) is 61.5 Å². The van der Waals surface area contributed by atoms with Crippen LogP contribution in [-0.4, -0.2) is 31.1 Å². The van der Waals surface area contributed by atoms with E-state index in [0.29, 0.717) is 27.0 Å². The molecule has 31 heavy (non-hydrogen) atoms. The second kappa shape index (κ2) is 10.2. The third-order valence-corrected chi connectivity index (χ3v) is 5.28. The van der Waals surface area contributed by atoms with E-state index in [1.165, 1.54) is 0 Å². The normalized spacial score (nSPS) is 10.2. The van der Waals surface area contributed by atoms with Gasteiger partial charge >= 0.3 is 0 Å². The number of anilines is 2. The lowest BCUT2D eigenvalue weighted by Gasteiger charge is -2.18. The van der Waals surface area contributed by atoms with Crippen LogP contribution in [0.2, 0.25) is 0 Å². The number of ether oxygens (including phenoxy) is 1. The zero-order chi connectivity index (χ0) is 22.4. The second-order valence-corrected chi connectivity index (χ2v) is 7.80. The topological polar surface area (TPSA) is 70.7 Å². The van der Waals surface area contributed by atoms with Crippen LogP contribution >= 0.6 is 28.1 Å². The van der Waals surface area contributed by atoms with Crippen LogP contribution in [0.1, 0.15) is 20.7 Å². The van der Waals surface area contributed by atoms with Gasteiger partial charge in [0.05, 0.1) is 11.6 Å². The molecule has 0 aliphatic rings. The highest BCUT2D eigenvalue weighted by Crippen LogP contribution is 2.25. The molecule has 0 fully saturated rings. The van der Waals surface area contributed by atoms with E-state index in [0.717, 1.165) is 5.69 Å². The number of rotatable bonds is 5. The van der Waals surface area contributed by atoms with Crippen molar-refractivity contribution in [2.75, 3.05) is 24.4 Å². The quantitative estimate of drug-likeness (QED) is 0.492. The largest absolute Gasteiger partial charge is 0.496 e. The van der Waals surface area contributed by atoms with Gasteiger partial charge in [0.25, 0.3) is 11.8 Å². The van der Waals surface area contributed by atoms with Crippen molar-refractivity contribution in [3.63, 3.8) is 0 Å². The number of halogens is 1. The number of benzene rings is 3. The highest BCUT2D eigenvalue weighted by molar-refractivity contribution is 9.10. The number of para-hydroxylation sites is 1. The zero-order valence-electron chi connectivity index (χ0n) is 16.9. The fourth-order valence-electron chi connectivity index (χ4n) is 2.84. The lowest BCUT2D eigenvalue weighted by atomic mass is 10.1. The van der Waals surface area contributed by atoms with E-state index < -0.39 is 0 Å². The van der Waals surface area contributed by atoms with Crippen LogP contribution in [0.5, 0.6) is 5.75 Å². The summed E-state index contributed by atoms with van der Waals surface area (Å²) in [5.74, 6) is 0.101. The van der Waals surface area contributed by atoms with Gasteiger partial charge in [0.1, 0.15) is 5.75 Å². The Morgan fingerprint density at radius 2 is 1.71 bits per heavy atom. The first-order valence-electron chi connectivity index (χ1n) is 9.28. The molecular weight excluding hydrogens is 478 g/mol. The molecule has 0 aliphatic carbocycles. The molecule has 6 nitrogen and oxygen atoms in total. The Kier molecular flexibility index (Phi) is 7.38. The molecule has 0 aliphatic heterocycles. The monoisotopic (exact) mass is 497 g/mol. The van der Waals surface area contributed by atoms with E-state index in [9.17, 15) is 9.59 Å². The van der Waals surface area contributed by atoms with Crippen molar-refractivity contribution < 1.29 is 14.3 Å². The highest BCUT2D eigenvalue weighted by Gasteiger charge is 2.15. The lowest BCUT2D eigenvalue weighted by Crippen LogP contribution is -2.34. The minimum absolute atomic E-state index is 0.123. The van der Waals surface area contributed by atoms with Gasteiger partial charge in [-0.25, -0.2) is 0 Å². The van der Waals surface area contributed by atoms with Gasteiger partial charge in [0.15, 0.2) is 5.11 Å². The Morgan fingerprint density at radius 3 is 2.39 bits per heavy atom. The Bertz CT molecular complexity index is 1120. The van der Waals surface area contributed by atoms with Crippen LogP contribution in [0.3, 0.4) is 0 Å². The number of hydrogen-bond acceptors (Lipinski definition) is 4. The van der Waals surface area contributed by atoms with E-state index in [2.05, 4.69) is 26.6 Å². The maximum Gasteiger partial charge on any atom is 0.258 e. The summed E-state index contributed by atoms with van der Waals surface area (Å²) in [5, 5.41) is 5.70. The first-order valence-corrected chi connectivity index (χ1v) is 10.5.